The van der Waals surface area contributed by atoms with Crippen LogP contribution >= 0.6 is 0 Å². The van der Waals surface area contributed by atoms with Gasteiger partial charge in [-0.25, -0.2) is 0 Å². The van der Waals surface area contributed by atoms with Crippen molar-refractivity contribution < 1.29 is 4.79 Å². The van der Waals surface area contributed by atoms with E-state index in [0.29, 0.717) is 11.1 Å². The summed E-state index contributed by atoms with van der Waals surface area (Å²) in [6.07, 6.45) is 0. The zero-order valence-corrected chi connectivity index (χ0v) is 47.4. The molecule has 0 aliphatic carbocycles. The topological polar surface area (TPSA) is 17.1 Å². The van der Waals surface area contributed by atoms with Crippen molar-refractivity contribution >= 4 is 5.78 Å². The molecule has 86 heavy (non-hydrogen) atoms. The molecule has 0 saturated heterocycles. The minimum atomic E-state index is -0.0557. The maximum atomic E-state index is 15.8. The molecule has 0 saturated carbocycles. The molecule has 0 unspecified atom stereocenters. The molecule has 404 valence electrons. The zero-order chi connectivity index (χ0) is 57.6. The highest BCUT2D eigenvalue weighted by atomic mass is 16.1. The van der Waals surface area contributed by atoms with Crippen LogP contribution in [0, 0.1) is 0 Å². The summed E-state index contributed by atoms with van der Waals surface area (Å²) in [6.45, 7) is 0. The fourth-order valence-electron chi connectivity index (χ4n) is 12.1. The highest BCUT2D eigenvalue weighted by molar-refractivity contribution is 6.12. The molecule has 0 spiro atoms. The van der Waals surface area contributed by atoms with E-state index in [0.717, 1.165) is 89.0 Å². The van der Waals surface area contributed by atoms with Crippen molar-refractivity contribution in [3.8, 4) is 134 Å². The Hall–Kier alpha value is -11.3. The van der Waals surface area contributed by atoms with Gasteiger partial charge in [0.15, 0.2) is 5.78 Å². The van der Waals surface area contributed by atoms with E-state index >= 15 is 4.79 Å². The molecule has 14 aromatic rings. The van der Waals surface area contributed by atoms with E-state index < -0.39 is 0 Å². The van der Waals surface area contributed by atoms with E-state index in [4.69, 9.17) is 0 Å². The van der Waals surface area contributed by atoms with Crippen molar-refractivity contribution in [2.45, 2.75) is 0 Å². The van der Waals surface area contributed by atoms with Crippen molar-refractivity contribution in [1.29, 1.82) is 0 Å². The molecule has 1 heteroatoms. The summed E-state index contributed by atoms with van der Waals surface area (Å²) in [5.41, 5.74) is 27.7. The lowest BCUT2D eigenvalue weighted by molar-refractivity contribution is 0.103. The highest BCUT2D eigenvalue weighted by Gasteiger charge is 2.19. The van der Waals surface area contributed by atoms with E-state index in [2.05, 4.69) is 352 Å². The van der Waals surface area contributed by atoms with Gasteiger partial charge in [0.25, 0.3) is 0 Å². The Kier molecular flexibility index (Phi) is 14.7. The Bertz CT molecular complexity index is 4090. The molecular formula is C85H58O. The molecule has 0 fully saturated rings. The van der Waals surface area contributed by atoms with E-state index in [1.807, 2.05) is 0 Å². The number of hydrogen-bond donors (Lipinski definition) is 0. The third-order valence-electron chi connectivity index (χ3n) is 16.6. The summed E-state index contributed by atoms with van der Waals surface area (Å²) in [7, 11) is 0. The molecular weight excluding hydrogens is 1040 g/mol. The van der Waals surface area contributed by atoms with Crippen molar-refractivity contribution in [1.82, 2.24) is 0 Å². The molecule has 14 aromatic carbocycles. The molecule has 0 bridgehead atoms. The van der Waals surface area contributed by atoms with Gasteiger partial charge in [0, 0.05) is 11.1 Å². The van der Waals surface area contributed by atoms with Gasteiger partial charge in [-0.1, -0.05) is 315 Å². The standard InChI is InChI=1S/C85H58O/c86-85(75-55-71(59-37-45-67(46-38-59)81-33-17-13-29-77(81)63-21-5-1-6-22-63)53-72(56-75)60-39-47-68(48-40-60)82-34-18-14-30-78(82)64-23-7-2-8-24-64)76-57-73(61-41-49-69(50-42-61)83-35-19-15-31-79(83)65-25-9-3-10-26-65)54-74(58-76)62-43-51-70(52-44-62)84-36-20-16-32-80(84)66-27-11-4-12-28-66/h1-58H. The van der Waals surface area contributed by atoms with Gasteiger partial charge in [0.05, 0.1) is 0 Å². The third kappa shape index (κ3) is 11.0. The first-order chi connectivity index (χ1) is 42.5. The Morgan fingerprint density at radius 1 is 0.140 bits per heavy atom. The molecule has 0 aliphatic heterocycles. The molecule has 14 rings (SSSR count). The Labute approximate surface area is 504 Å². The van der Waals surface area contributed by atoms with Crippen LogP contribution in [0.1, 0.15) is 15.9 Å². The van der Waals surface area contributed by atoms with Crippen LogP contribution in [-0.4, -0.2) is 5.78 Å². The minimum absolute atomic E-state index is 0.0557. The number of hydrogen-bond acceptors (Lipinski definition) is 1. The molecule has 0 aliphatic rings. The van der Waals surface area contributed by atoms with Crippen molar-refractivity contribution in [2.75, 3.05) is 0 Å². The molecule has 0 radical (unpaired) electrons. The van der Waals surface area contributed by atoms with Crippen molar-refractivity contribution in [2.24, 2.45) is 0 Å². The van der Waals surface area contributed by atoms with Crippen molar-refractivity contribution in [3.05, 3.63) is 363 Å². The van der Waals surface area contributed by atoms with Gasteiger partial charge in [-0.2, -0.15) is 0 Å². The summed E-state index contributed by atoms with van der Waals surface area (Å²) in [4.78, 5) is 15.8. The molecule has 0 amide bonds. The molecule has 0 aromatic heterocycles. The fourth-order valence-corrected chi connectivity index (χ4v) is 12.1. The van der Waals surface area contributed by atoms with Crippen LogP contribution in [0.25, 0.3) is 134 Å². The second-order valence-electron chi connectivity index (χ2n) is 21.9. The van der Waals surface area contributed by atoms with Crippen LogP contribution in [0.3, 0.4) is 0 Å². The van der Waals surface area contributed by atoms with Crippen molar-refractivity contribution in [3.63, 3.8) is 0 Å². The Morgan fingerprint density at radius 3 is 0.477 bits per heavy atom. The summed E-state index contributed by atoms with van der Waals surface area (Å²) in [5, 5.41) is 0. The van der Waals surface area contributed by atoms with Gasteiger partial charge < -0.3 is 0 Å². The normalized spacial score (nSPS) is 11.1. The number of ketones is 1. The molecule has 0 heterocycles. The van der Waals surface area contributed by atoms with E-state index in [-0.39, 0.29) is 5.78 Å². The maximum absolute atomic E-state index is 15.8. The zero-order valence-electron chi connectivity index (χ0n) is 47.4. The number of carbonyl (C=O) groups excluding carboxylic acids is 1. The van der Waals surface area contributed by atoms with Gasteiger partial charge in [0.1, 0.15) is 0 Å². The lowest BCUT2D eigenvalue weighted by atomic mass is 9.88. The Morgan fingerprint density at radius 2 is 0.291 bits per heavy atom. The van der Waals surface area contributed by atoms with Crippen LogP contribution in [0.4, 0.5) is 0 Å². The number of benzene rings is 14. The molecule has 1 nitrogen and oxygen atoms in total. The first-order valence-corrected chi connectivity index (χ1v) is 29.4. The average Bonchev–Trinajstić information content (AvgIpc) is 3.13. The maximum Gasteiger partial charge on any atom is 0.193 e. The predicted octanol–water partition coefficient (Wildman–Crippen LogP) is 22.9. The van der Waals surface area contributed by atoms with Crippen LogP contribution in [0.5, 0.6) is 0 Å². The molecule has 0 N–H and O–H groups in total. The fraction of sp³-hybridized carbons (Fsp3) is 0. The minimum Gasteiger partial charge on any atom is -0.289 e. The first-order valence-electron chi connectivity index (χ1n) is 29.4. The van der Waals surface area contributed by atoms with Crippen LogP contribution in [0.2, 0.25) is 0 Å². The highest BCUT2D eigenvalue weighted by Crippen LogP contribution is 2.40. The van der Waals surface area contributed by atoms with E-state index in [9.17, 15) is 0 Å². The monoisotopic (exact) mass is 1090 g/mol. The van der Waals surface area contributed by atoms with Crippen LogP contribution < -0.4 is 0 Å². The summed E-state index contributed by atoms with van der Waals surface area (Å²) in [5.74, 6) is -0.0557. The van der Waals surface area contributed by atoms with Gasteiger partial charge in [-0.3, -0.25) is 4.79 Å². The van der Waals surface area contributed by atoms with Gasteiger partial charge in [-0.15, -0.1) is 0 Å². The smallest absolute Gasteiger partial charge is 0.193 e. The second-order valence-corrected chi connectivity index (χ2v) is 21.9. The molecule has 0 atom stereocenters. The lowest BCUT2D eigenvalue weighted by Gasteiger charge is -2.15. The second kappa shape index (κ2) is 23.9. The number of carbonyl (C=O) groups is 1. The quantitative estimate of drug-likeness (QED) is 0.0992. The average molecular weight is 1100 g/mol. The Balaban J connectivity index is 0.878. The van der Waals surface area contributed by atoms with E-state index in [1.54, 1.807) is 0 Å². The summed E-state index contributed by atoms with van der Waals surface area (Å²) < 4.78 is 0. The van der Waals surface area contributed by atoms with Gasteiger partial charge in [0.2, 0.25) is 0 Å². The number of rotatable bonds is 14. The van der Waals surface area contributed by atoms with Gasteiger partial charge in [-0.05, 0) is 170 Å². The predicted molar refractivity (Wildman–Crippen MR) is 362 cm³/mol. The SMILES string of the molecule is O=C(c1cc(-c2ccc(-c3ccccc3-c3ccccc3)cc2)cc(-c2ccc(-c3ccccc3-c3ccccc3)cc2)c1)c1cc(-c2ccc(-c3ccccc3-c3ccccc3)cc2)cc(-c2ccc(-c3ccccc3-c3ccccc3)cc2)c1. The first kappa shape index (κ1) is 52.8. The van der Waals surface area contributed by atoms with Crippen LogP contribution in [-0.2, 0) is 0 Å². The van der Waals surface area contributed by atoms with Crippen LogP contribution in [0.15, 0.2) is 352 Å². The van der Waals surface area contributed by atoms with E-state index in [1.165, 1.54) is 44.5 Å². The lowest BCUT2D eigenvalue weighted by Crippen LogP contribution is -2.03. The summed E-state index contributed by atoms with van der Waals surface area (Å²) in [6, 6.07) is 125. The largest absolute Gasteiger partial charge is 0.289 e. The van der Waals surface area contributed by atoms with Gasteiger partial charge >= 0.3 is 0 Å². The third-order valence-corrected chi connectivity index (χ3v) is 16.6. The summed E-state index contributed by atoms with van der Waals surface area (Å²) >= 11 is 0.